The molecule has 0 unspecified atom stereocenters. The number of piperidine rings is 1. The molecule has 4 aliphatic heterocycles. The Balaban J connectivity index is 1.22. The highest BCUT2D eigenvalue weighted by molar-refractivity contribution is 5.93. The van der Waals surface area contributed by atoms with Gasteiger partial charge in [0.05, 0.1) is 18.8 Å². The van der Waals surface area contributed by atoms with Crippen LogP contribution in [0.3, 0.4) is 0 Å². The van der Waals surface area contributed by atoms with Crippen LogP contribution in [0.2, 0.25) is 0 Å². The molecule has 224 valence electrons. The Bertz CT molecular complexity index is 1310. The molecule has 1 aromatic carbocycles. The number of benzene rings is 1. The number of rotatable bonds is 6. The monoisotopic (exact) mass is 579 g/mol. The van der Waals surface area contributed by atoms with Crippen molar-refractivity contribution < 1.29 is 23.6 Å². The van der Waals surface area contributed by atoms with Gasteiger partial charge in [0.2, 0.25) is 23.6 Å². The average Bonchev–Trinajstić information content (AvgIpc) is 3.75. The number of fused-ring (bicyclic) bond motifs is 3. The van der Waals surface area contributed by atoms with Crippen molar-refractivity contribution in [3.05, 3.63) is 47.8 Å². The maximum Gasteiger partial charge on any atom is 0.246 e. The van der Waals surface area contributed by atoms with Crippen LogP contribution in [-0.4, -0.2) is 104 Å². The van der Waals surface area contributed by atoms with Gasteiger partial charge in [0, 0.05) is 58.1 Å². The Morgan fingerprint density at radius 3 is 2.60 bits per heavy atom. The Morgan fingerprint density at radius 1 is 1.02 bits per heavy atom. The third-order valence-electron chi connectivity index (χ3n) is 9.18. The third kappa shape index (κ3) is 6.17. The van der Waals surface area contributed by atoms with E-state index in [0.29, 0.717) is 38.2 Å². The number of amides is 4. The van der Waals surface area contributed by atoms with E-state index in [2.05, 4.69) is 15.6 Å². The molecule has 1 N–H and O–H groups in total. The molecule has 1 aromatic heterocycles. The molecule has 4 amide bonds. The molecule has 42 heavy (non-hydrogen) atoms. The molecule has 0 radical (unpaired) electrons. The number of aromatic nitrogens is 3. The van der Waals surface area contributed by atoms with Crippen molar-refractivity contribution >= 4 is 23.6 Å². The maximum atomic E-state index is 14.7. The Hall–Kier alpha value is -3.83. The summed E-state index contributed by atoms with van der Waals surface area (Å²) in [6.45, 7) is 2.59. The van der Waals surface area contributed by atoms with Gasteiger partial charge in [-0.2, -0.15) is 0 Å². The van der Waals surface area contributed by atoms with Crippen molar-refractivity contribution in [2.24, 2.45) is 11.8 Å². The van der Waals surface area contributed by atoms with Gasteiger partial charge in [-0.1, -0.05) is 35.5 Å². The lowest BCUT2D eigenvalue weighted by Gasteiger charge is -2.40. The summed E-state index contributed by atoms with van der Waals surface area (Å²) < 4.78 is 16.4. The van der Waals surface area contributed by atoms with Crippen LogP contribution in [-0.2, 0) is 32.1 Å². The quantitative estimate of drug-likeness (QED) is 0.549. The van der Waals surface area contributed by atoms with Crippen molar-refractivity contribution in [1.29, 1.82) is 0 Å². The topological polar surface area (TPSA) is 121 Å². The molecule has 5 heterocycles. The largest absolute Gasteiger partial charge is 0.344 e. The van der Waals surface area contributed by atoms with E-state index in [9.17, 15) is 23.6 Å². The zero-order valence-corrected chi connectivity index (χ0v) is 23.7. The zero-order chi connectivity index (χ0) is 29.2. The molecule has 0 saturated carbocycles. The summed E-state index contributed by atoms with van der Waals surface area (Å²) in [4.78, 5) is 58.8. The van der Waals surface area contributed by atoms with Crippen LogP contribution in [0.4, 0.5) is 4.39 Å². The van der Waals surface area contributed by atoms with Crippen LogP contribution < -0.4 is 5.32 Å². The van der Waals surface area contributed by atoms with E-state index in [4.69, 9.17) is 0 Å². The first kappa shape index (κ1) is 28.3. The van der Waals surface area contributed by atoms with Crippen LogP contribution in [0.25, 0.3) is 0 Å². The van der Waals surface area contributed by atoms with E-state index in [-0.39, 0.29) is 55.4 Å². The summed E-state index contributed by atoms with van der Waals surface area (Å²) in [5, 5.41) is 11.3. The van der Waals surface area contributed by atoms with Crippen LogP contribution in [0.5, 0.6) is 0 Å². The molecular weight excluding hydrogens is 541 g/mol. The fourth-order valence-corrected chi connectivity index (χ4v) is 6.95. The molecule has 12 heteroatoms. The number of hydrogen-bond donors (Lipinski definition) is 1. The molecule has 2 aromatic rings. The van der Waals surface area contributed by atoms with E-state index in [0.717, 1.165) is 31.5 Å². The lowest BCUT2D eigenvalue weighted by atomic mass is 9.80. The number of carbonyl (C=O) groups excluding carboxylic acids is 4. The molecular formula is C30H38FN7O4. The lowest BCUT2D eigenvalue weighted by Crippen LogP contribution is -2.54. The van der Waals surface area contributed by atoms with Crippen molar-refractivity contribution in [3.63, 3.8) is 0 Å². The molecule has 4 aliphatic rings. The summed E-state index contributed by atoms with van der Waals surface area (Å²) in [6.07, 6.45) is 3.48. The van der Waals surface area contributed by atoms with Crippen molar-refractivity contribution in [2.75, 3.05) is 32.7 Å². The number of nitrogens with one attached hydrogen (secondary N) is 1. The fourth-order valence-electron chi connectivity index (χ4n) is 6.95. The van der Waals surface area contributed by atoms with E-state index in [1.807, 2.05) is 35.2 Å². The predicted octanol–water partition coefficient (Wildman–Crippen LogP) is 1.17. The number of halogens is 1. The van der Waals surface area contributed by atoms with Crippen molar-refractivity contribution in [3.8, 4) is 0 Å². The first-order chi connectivity index (χ1) is 20.3. The standard InChI is InChI=1S/C30H38FN7O4/c31-23-14-26-30(42)36-11-8-21(13-28(40)35-9-4-5-10-35)22(17-36)12-27(39)32-25(29(41)38(26)18-23)15-24-19-37(34-33-24)16-20-6-2-1-3-7-20/h1-3,6-7,19,21-23,25-26H,4-5,8-18H2,(H,32,39)/t21-,22-,23-,25+,26-/m0/s1. The average molecular weight is 580 g/mol. The number of likely N-dealkylation sites (tertiary alicyclic amines) is 1. The summed E-state index contributed by atoms with van der Waals surface area (Å²) in [7, 11) is 0. The van der Waals surface area contributed by atoms with Crippen molar-refractivity contribution in [2.45, 2.75) is 69.7 Å². The highest BCUT2D eigenvalue weighted by Crippen LogP contribution is 2.33. The molecule has 0 aliphatic carbocycles. The molecule has 5 atom stereocenters. The highest BCUT2D eigenvalue weighted by atomic mass is 19.1. The maximum absolute atomic E-state index is 14.7. The zero-order valence-electron chi connectivity index (χ0n) is 23.7. The highest BCUT2D eigenvalue weighted by Gasteiger charge is 2.46. The Kier molecular flexibility index (Phi) is 8.21. The van der Waals surface area contributed by atoms with Gasteiger partial charge in [0.15, 0.2) is 0 Å². The fraction of sp³-hybridized carbons (Fsp3) is 0.600. The van der Waals surface area contributed by atoms with Crippen LogP contribution in [0.1, 0.15) is 49.8 Å². The Labute approximate surface area is 244 Å². The van der Waals surface area contributed by atoms with Gasteiger partial charge in [0.25, 0.3) is 0 Å². The van der Waals surface area contributed by atoms with Crippen molar-refractivity contribution in [1.82, 2.24) is 35.0 Å². The molecule has 4 fully saturated rings. The minimum absolute atomic E-state index is 0.0469. The Morgan fingerprint density at radius 2 is 1.81 bits per heavy atom. The van der Waals surface area contributed by atoms with Gasteiger partial charge < -0.3 is 20.0 Å². The number of carbonyl (C=O) groups is 4. The van der Waals surface area contributed by atoms with Gasteiger partial charge in [0.1, 0.15) is 18.3 Å². The normalized spacial score (nSPS) is 28.5. The second kappa shape index (κ2) is 12.2. The van der Waals surface area contributed by atoms with E-state index in [1.54, 1.807) is 15.8 Å². The molecule has 4 saturated heterocycles. The van der Waals surface area contributed by atoms with Crippen LogP contribution in [0, 0.1) is 11.8 Å². The number of hydrogen-bond acceptors (Lipinski definition) is 6. The number of alkyl halides is 1. The van der Waals surface area contributed by atoms with Gasteiger partial charge in [-0.3, -0.25) is 19.2 Å². The van der Waals surface area contributed by atoms with Gasteiger partial charge in [-0.05, 0) is 36.7 Å². The summed E-state index contributed by atoms with van der Waals surface area (Å²) in [5.74, 6) is -1.27. The van der Waals surface area contributed by atoms with E-state index >= 15 is 0 Å². The predicted molar refractivity (Wildman–Crippen MR) is 149 cm³/mol. The first-order valence-corrected chi connectivity index (χ1v) is 15.1. The SMILES string of the molecule is O=C1C[C@H]2CN(CC[C@H]2CC(=O)N2CCCC2)C(=O)[C@@H]2C[C@H](F)CN2C(=O)[C@@H](Cc2cn(Cc3ccccc3)nn2)N1. The number of nitrogens with zero attached hydrogens (tertiary/aromatic N) is 6. The molecule has 2 bridgehead atoms. The van der Waals surface area contributed by atoms with E-state index in [1.165, 1.54) is 4.90 Å². The second-order valence-electron chi connectivity index (χ2n) is 12.1. The minimum Gasteiger partial charge on any atom is -0.344 e. The minimum atomic E-state index is -1.32. The van der Waals surface area contributed by atoms with Gasteiger partial charge in [-0.25, -0.2) is 9.07 Å². The van der Waals surface area contributed by atoms with Gasteiger partial charge >= 0.3 is 0 Å². The lowest BCUT2D eigenvalue weighted by molar-refractivity contribution is -0.146. The molecule has 11 nitrogen and oxygen atoms in total. The summed E-state index contributed by atoms with van der Waals surface area (Å²) >= 11 is 0. The smallest absolute Gasteiger partial charge is 0.246 e. The third-order valence-corrected chi connectivity index (χ3v) is 9.18. The van der Waals surface area contributed by atoms with Gasteiger partial charge in [-0.15, -0.1) is 5.10 Å². The van der Waals surface area contributed by atoms with Crippen LogP contribution in [0.15, 0.2) is 36.5 Å². The summed E-state index contributed by atoms with van der Waals surface area (Å²) in [6, 6.07) is 7.84. The first-order valence-electron chi connectivity index (χ1n) is 15.1. The van der Waals surface area contributed by atoms with Crippen LogP contribution >= 0.6 is 0 Å². The second-order valence-corrected chi connectivity index (χ2v) is 12.1. The molecule has 6 rings (SSSR count). The molecule has 0 spiro atoms. The van der Waals surface area contributed by atoms with E-state index < -0.39 is 24.2 Å². The summed E-state index contributed by atoms with van der Waals surface area (Å²) in [5.41, 5.74) is 1.55.